The van der Waals surface area contributed by atoms with E-state index in [2.05, 4.69) is 15.4 Å². The van der Waals surface area contributed by atoms with Crippen molar-refractivity contribution in [1.29, 1.82) is 0 Å². The summed E-state index contributed by atoms with van der Waals surface area (Å²) in [6, 6.07) is 3.74. The first-order valence-electron chi connectivity index (χ1n) is 8.72. The quantitative estimate of drug-likeness (QED) is 0.871. The Kier molecular flexibility index (Phi) is 5.53. The van der Waals surface area contributed by atoms with E-state index in [-0.39, 0.29) is 6.03 Å². The second-order valence-electron chi connectivity index (χ2n) is 6.42. The number of aromatic nitrogens is 3. The standard InChI is InChI=1S/C18H25N5O2/c1-3-25-17-9-14(4-6-19-17)10-20-18(24)23-7-5-15(13-23)8-16-11-21-22(2)12-16/h4,6,9,11-12,15H,3,5,7-8,10,13H2,1-2H3,(H,20,24). The van der Waals surface area contributed by atoms with Gasteiger partial charge in [0.1, 0.15) is 0 Å². The summed E-state index contributed by atoms with van der Waals surface area (Å²) in [6.07, 6.45) is 7.66. The van der Waals surface area contributed by atoms with E-state index in [9.17, 15) is 4.79 Å². The highest BCUT2D eigenvalue weighted by molar-refractivity contribution is 5.74. The summed E-state index contributed by atoms with van der Waals surface area (Å²) in [4.78, 5) is 18.4. The molecule has 2 amide bonds. The maximum atomic E-state index is 12.4. The van der Waals surface area contributed by atoms with E-state index in [1.54, 1.807) is 6.20 Å². The highest BCUT2D eigenvalue weighted by atomic mass is 16.5. The van der Waals surface area contributed by atoms with Crippen molar-refractivity contribution in [3.05, 3.63) is 41.9 Å². The average molecular weight is 343 g/mol. The molecule has 1 N–H and O–H groups in total. The monoisotopic (exact) mass is 343 g/mol. The number of rotatable bonds is 6. The predicted octanol–water partition coefficient (Wildman–Crippen LogP) is 1.99. The van der Waals surface area contributed by atoms with Gasteiger partial charge in [-0.3, -0.25) is 4.68 Å². The van der Waals surface area contributed by atoms with Crippen LogP contribution in [0.15, 0.2) is 30.7 Å². The largest absolute Gasteiger partial charge is 0.478 e. The molecule has 1 unspecified atom stereocenters. The number of aryl methyl sites for hydroxylation is 1. The fraction of sp³-hybridized carbons (Fsp3) is 0.500. The first-order chi connectivity index (χ1) is 12.1. The number of nitrogens with one attached hydrogen (secondary N) is 1. The summed E-state index contributed by atoms with van der Waals surface area (Å²) in [5, 5.41) is 7.19. The van der Waals surface area contributed by atoms with Gasteiger partial charge >= 0.3 is 6.03 Å². The van der Waals surface area contributed by atoms with Crippen molar-refractivity contribution >= 4 is 6.03 Å². The number of nitrogens with zero attached hydrogens (tertiary/aromatic N) is 4. The minimum absolute atomic E-state index is 0.0107. The SMILES string of the molecule is CCOc1cc(CNC(=O)N2CCC(Cc3cnn(C)c3)C2)ccn1. The first kappa shape index (κ1) is 17.3. The van der Waals surface area contributed by atoms with Crippen LogP contribution in [0.3, 0.4) is 0 Å². The van der Waals surface area contributed by atoms with Gasteiger partial charge in [-0.25, -0.2) is 9.78 Å². The lowest BCUT2D eigenvalue weighted by atomic mass is 10.0. The lowest BCUT2D eigenvalue weighted by Gasteiger charge is -2.17. The zero-order valence-electron chi connectivity index (χ0n) is 14.8. The minimum atomic E-state index is -0.0107. The molecule has 0 aliphatic carbocycles. The van der Waals surface area contributed by atoms with E-state index in [0.717, 1.165) is 31.5 Å². The Balaban J connectivity index is 1.46. The highest BCUT2D eigenvalue weighted by Gasteiger charge is 2.26. The van der Waals surface area contributed by atoms with Gasteiger partial charge in [0.25, 0.3) is 0 Å². The van der Waals surface area contributed by atoms with Gasteiger partial charge in [0.2, 0.25) is 5.88 Å². The average Bonchev–Trinajstić information content (AvgIpc) is 3.23. The van der Waals surface area contributed by atoms with Crippen molar-refractivity contribution in [2.45, 2.75) is 26.3 Å². The van der Waals surface area contributed by atoms with Crippen LogP contribution in [0.1, 0.15) is 24.5 Å². The molecule has 2 aromatic heterocycles. The van der Waals surface area contributed by atoms with Crippen LogP contribution in [0.25, 0.3) is 0 Å². The van der Waals surface area contributed by atoms with Crippen molar-refractivity contribution in [3.63, 3.8) is 0 Å². The first-order valence-corrected chi connectivity index (χ1v) is 8.72. The molecule has 0 radical (unpaired) electrons. The number of hydrogen-bond acceptors (Lipinski definition) is 4. The lowest BCUT2D eigenvalue weighted by molar-refractivity contribution is 0.206. The van der Waals surface area contributed by atoms with Gasteiger partial charge in [-0.1, -0.05) is 0 Å². The van der Waals surface area contributed by atoms with E-state index < -0.39 is 0 Å². The van der Waals surface area contributed by atoms with E-state index in [1.165, 1.54) is 5.56 Å². The molecule has 2 aromatic rings. The van der Waals surface area contributed by atoms with E-state index in [4.69, 9.17) is 4.74 Å². The number of hydrogen-bond donors (Lipinski definition) is 1. The third-order valence-electron chi connectivity index (χ3n) is 4.39. The predicted molar refractivity (Wildman–Crippen MR) is 94.2 cm³/mol. The minimum Gasteiger partial charge on any atom is -0.478 e. The maximum absolute atomic E-state index is 12.4. The Bertz CT molecular complexity index is 715. The van der Waals surface area contributed by atoms with Crippen LogP contribution in [0.2, 0.25) is 0 Å². The number of amides is 2. The topological polar surface area (TPSA) is 72.3 Å². The molecular weight excluding hydrogens is 318 g/mol. The Hall–Kier alpha value is -2.57. The molecule has 7 heteroatoms. The fourth-order valence-corrected chi connectivity index (χ4v) is 3.17. The molecule has 0 saturated carbocycles. The van der Waals surface area contributed by atoms with E-state index in [0.29, 0.717) is 24.9 Å². The summed E-state index contributed by atoms with van der Waals surface area (Å²) in [7, 11) is 1.92. The molecule has 25 heavy (non-hydrogen) atoms. The Morgan fingerprint density at radius 2 is 2.32 bits per heavy atom. The van der Waals surface area contributed by atoms with Gasteiger partial charge < -0.3 is 15.0 Å². The van der Waals surface area contributed by atoms with Crippen molar-refractivity contribution in [3.8, 4) is 5.88 Å². The lowest BCUT2D eigenvalue weighted by Crippen LogP contribution is -2.38. The number of likely N-dealkylation sites (tertiary alicyclic amines) is 1. The second kappa shape index (κ2) is 8.00. The third kappa shape index (κ3) is 4.71. The van der Waals surface area contributed by atoms with Gasteiger partial charge in [-0.05, 0) is 42.9 Å². The van der Waals surface area contributed by atoms with Crippen molar-refractivity contribution in [2.75, 3.05) is 19.7 Å². The Morgan fingerprint density at radius 3 is 3.08 bits per heavy atom. The molecule has 1 atom stereocenters. The normalized spacial score (nSPS) is 16.9. The summed E-state index contributed by atoms with van der Waals surface area (Å²) in [5.41, 5.74) is 2.22. The molecule has 7 nitrogen and oxygen atoms in total. The van der Waals surface area contributed by atoms with Crippen molar-refractivity contribution in [2.24, 2.45) is 13.0 Å². The zero-order valence-corrected chi connectivity index (χ0v) is 14.8. The summed E-state index contributed by atoms with van der Waals surface area (Å²) in [5.74, 6) is 1.09. The molecule has 1 fully saturated rings. The number of urea groups is 1. The summed E-state index contributed by atoms with van der Waals surface area (Å²) < 4.78 is 7.20. The van der Waals surface area contributed by atoms with Gasteiger partial charge in [0, 0.05) is 45.1 Å². The van der Waals surface area contributed by atoms with Crippen LogP contribution in [-0.2, 0) is 20.0 Å². The molecule has 0 spiro atoms. The summed E-state index contributed by atoms with van der Waals surface area (Å²) >= 11 is 0. The highest BCUT2D eigenvalue weighted by Crippen LogP contribution is 2.20. The molecule has 0 aromatic carbocycles. The molecule has 1 aliphatic heterocycles. The molecule has 3 heterocycles. The molecule has 1 saturated heterocycles. The van der Waals surface area contributed by atoms with Crippen molar-refractivity contribution < 1.29 is 9.53 Å². The third-order valence-corrected chi connectivity index (χ3v) is 4.39. The molecule has 134 valence electrons. The second-order valence-corrected chi connectivity index (χ2v) is 6.42. The Morgan fingerprint density at radius 1 is 1.44 bits per heavy atom. The van der Waals surface area contributed by atoms with Crippen LogP contribution in [0.4, 0.5) is 4.79 Å². The molecular formula is C18H25N5O2. The van der Waals surface area contributed by atoms with Gasteiger partial charge in [0.15, 0.2) is 0 Å². The molecule has 3 rings (SSSR count). The van der Waals surface area contributed by atoms with Gasteiger partial charge in [-0.15, -0.1) is 0 Å². The maximum Gasteiger partial charge on any atom is 0.317 e. The number of carbonyl (C=O) groups excluding carboxylic acids is 1. The van der Waals surface area contributed by atoms with Gasteiger partial charge in [0.05, 0.1) is 12.8 Å². The molecule has 1 aliphatic rings. The van der Waals surface area contributed by atoms with Gasteiger partial charge in [-0.2, -0.15) is 5.10 Å². The van der Waals surface area contributed by atoms with Crippen molar-refractivity contribution in [1.82, 2.24) is 25.0 Å². The summed E-state index contributed by atoms with van der Waals surface area (Å²) in [6.45, 7) is 4.57. The Labute approximate surface area is 148 Å². The number of carbonyl (C=O) groups is 1. The zero-order chi connectivity index (χ0) is 17.6. The number of pyridine rings is 1. The number of ether oxygens (including phenoxy) is 1. The van der Waals surface area contributed by atoms with Crippen LogP contribution >= 0.6 is 0 Å². The van der Waals surface area contributed by atoms with Crippen LogP contribution in [-0.4, -0.2) is 45.4 Å². The van der Waals surface area contributed by atoms with Crippen LogP contribution in [0, 0.1) is 5.92 Å². The fourth-order valence-electron chi connectivity index (χ4n) is 3.17. The van der Waals surface area contributed by atoms with Crippen LogP contribution < -0.4 is 10.1 Å². The molecule has 0 bridgehead atoms. The smallest absolute Gasteiger partial charge is 0.317 e. The van der Waals surface area contributed by atoms with E-state index >= 15 is 0 Å². The van der Waals surface area contributed by atoms with E-state index in [1.807, 2.05) is 48.1 Å². The van der Waals surface area contributed by atoms with Crippen LogP contribution in [0.5, 0.6) is 5.88 Å².